The van der Waals surface area contributed by atoms with Crippen molar-refractivity contribution in [3.63, 3.8) is 0 Å². The number of nitrogens with one attached hydrogen (secondary N) is 1. The molecule has 2 rings (SSSR count). The van der Waals surface area contributed by atoms with Crippen LogP contribution in [0, 0.1) is 0 Å². The molecule has 3 heteroatoms. The van der Waals surface area contributed by atoms with Gasteiger partial charge in [0.1, 0.15) is 5.60 Å². The van der Waals surface area contributed by atoms with Crippen molar-refractivity contribution in [2.45, 2.75) is 16.9 Å². The Morgan fingerprint density at radius 1 is 1.31 bits per heavy atom. The van der Waals surface area contributed by atoms with Crippen molar-refractivity contribution in [1.82, 2.24) is 5.32 Å². The summed E-state index contributed by atoms with van der Waals surface area (Å²) in [6.07, 6.45) is 0.791. The highest BCUT2D eigenvalue weighted by Crippen LogP contribution is 2.27. The van der Waals surface area contributed by atoms with Gasteiger partial charge in [-0.1, -0.05) is 12.1 Å². The van der Waals surface area contributed by atoms with E-state index in [0.717, 1.165) is 23.4 Å². The Kier molecular flexibility index (Phi) is 2.32. The monoisotopic (exact) mass is 195 g/mol. The first-order chi connectivity index (χ1) is 6.21. The van der Waals surface area contributed by atoms with Gasteiger partial charge in [-0.25, -0.2) is 0 Å². The van der Waals surface area contributed by atoms with Crippen LogP contribution in [0.2, 0.25) is 0 Å². The Labute approximate surface area is 83.4 Å². The van der Waals surface area contributed by atoms with Crippen LogP contribution in [0.3, 0.4) is 0 Å². The molecule has 0 aromatic heterocycles. The summed E-state index contributed by atoms with van der Waals surface area (Å²) >= 11 is 4.20. The van der Waals surface area contributed by atoms with Crippen molar-refractivity contribution in [1.29, 1.82) is 0 Å². The summed E-state index contributed by atoms with van der Waals surface area (Å²) in [4.78, 5) is 0.929. The Balaban J connectivity index is 2.29. The Hall–Kier alpha value is -0.510. The van der Waals surface area contributed by atoms with Gasteiger partial charge in [0.15, 0.2) is 0 Å². The van der Waals surface area contributed by atoms with Gasteiger partial charge in [-0.15, -0.1) is 12.6 Å². The van der Waals surface area contributed by atoms with Crippen LogP contribution in [0.25, 0.3) is 0 Å². The first-order valence-electron chi connectivity index (χ1n) is 4.43. The second-order valence-corrected chi connectivity index (χ2v) is 4.02. The first kappa shape index (κ1) is 9.06. The van der Waals surface area contributed by atoms with Gasteiger partial charge in [-0.2, -0.15) is 0 Å². The molecule has 0 spiro atoms. The number of aliphatic hydroxyl groups is 1. The van der Waals surface area contributed by atoms with Crippen LogP contribution in [0.15, 0.2) is 29.2 Å². The van der Waals surface area contributed by atoms with Crippen LogP contribution >= 0.6 is 12.6 Å². The maximum absolute atomic E-state index is 10.2. The zero-order valence-electron chi connectivity index (χ0n) is 7.33. The summed E-state index contributed by atoms with van der Waals surface area (Å²) in [6, 6.07) is 7.70. The van der Waals surface area contributed by atoms with E-state index in [1.54, 1.807) is 0 Å². The molecular weight excluding hydrogens is 182 g/mol. The van der Waals surface area contributed by atoms with Gasteiger partial charge in [0, 0.05) is 11.4 Å². The molecule has 1 aromatic carbocycles. The van der Waals surface area contributed by atoms with Crippen molar-refractivity contribution in [2.75, 3.05) is 13.1 Å². The third-order valence-corrected chi connectivity index (χ3v) is 2.84. The van der Waals surface area contributed by atoms with Crippen molar-refractivity contribution in [3.8, 4) is 0 Å². The fourth-order valence-corrected chi connectivity index (χ4v) is 1.85. The lowest BCUT2D eigenvalue weighted by molar-refractivity contribution is 0.0587. The van der Waals surface area contributed by atoms with Crippen molar-refractivity contribution >= 4 is 12.6 Å². The summed E-state index contributed by atoms with van der Waals surface area (Å²) in [7, 11) is 0. The third kappa shape index (κ3) is 1.73. The van der Waals surface area contributed by atoms with Gasteiger partial charge in [0.05, 0.1) is 0 Å². The van der Waals surface area contributed by atoms with Crippen LogP contribution in [0.4, 0.5) is 0 Å². The van der Waals surface area contributed by atoms with E-state index in [-0.39, 0.29) is 0 Å². The minimum absolute atomic E-state index is 0.652. The minimum Gasteiger partial charge on any atom is -0.384 e. The van der Waals surface area contributed by atoms with E-state index in [0.29, 0.717) is 6.54 Å². The third-order valence-electron chi connectivity index (χ3n) is 2.54. The molecule has 1 saturated heterocycles. The molecule has 0 amide bonds. The van der Waals surface area contributed by atoms with E-state index in [4.69, 9.17) is 0 Å². The van der Waals surface area contributed by atoms with E-state index in [1.165, 1.54) is 0 Å². The second-order valence-electron chi connectivity index (χ2n) is 3.51. The molecule has 1 atom stereocenters. The Morgan fingerprint density at radius 3 is 2.54 bits per heavy atom. The molecule has 1 heterocycles. The molecule has 0 saturated carbocycles. The number of hydrogen-bond donors (Lipinski definition) is 3. The average Bonchev–Trinajstić information content (AvgIpc) is 2.54. The van der Waals surface area contributed by atoms with Crippen LogP contribution in [0.5, 0.6) is 0 Å². The van der Waals surface area contributed by atoms with Crippen LogP contribution in [-0.4, -0.2) is 18.2 Å². The molecule has 13 heavy (non-hydrogen) atoms. The first-order valence-corrected chi connectivity index (χ1v) is 4.88. The number of β-amino-alcohol motifs (C(OH)–C–C–N with tert-alkyl or cyclic N) is 1. The van der Waals surface area contributed by atoms with Gasteiger partial charge in [0.2, 0.25) is 0 Å². The van der Waals surface area contributed by atoms with Gasteiger partial charge in [0.25, 0.3) is 0 Å². The summed E-state index contributed by atoms with van der Waals surface area (Å²) in [5.41, 5.74) is 0.317. The molecule has 0 bridgehead atoms. The van der Waals surface area contributed by atoms with E-state index < -0.39 is 5.60 Å². The summed E-state index contributed by atoms with van der Waals surface area (Å²) < 4.78 is 0. The lowest BCUT2D eigenvalue weighted by atomic mass is 9.93. The van der Waals surface area contributed by atoms with E-state index in [2.05, 4.69) is 17.9 Å². The maximum atomic E-state index is 10.2. The smallest absolute Gasteiger partial charge is 0.103 e. The second kappa shape index (κ2) is 3.33. The molecule has 1 aromatic rings. The van der Waals surface area contributed by atoms with Crippen molar-refractivity contribution < 1.29 is 5.11 Å². The predicted octanol–water partition coefficient (Wildman–Crippen LogP) is 1.16. The minimum atomic E-state index is -0.665. The molecule has 1 aliphatic rings. The van der Waals surface area contributed by atoms with Crippen LogP contribution in [-0.2, 0) is 5.60 Å². The lowest BCUT2D eigenvalue weighted by Crippen LogP contribution is -2.28. The SMILES string of the molecule is OC1(c2ccc(S)cc2)CCNC1. The molecule has 1 aliphatic heterocycles. The predicted molar refractivity (Wildman–Crippen MR) is 55.1 cm³/mol. The molecule has 70 valence electrons. The summed E-state index contributed by atoms with van der Waals surface area (Å²) in [6.45, 7) is 1.54. The lowest BCUT2D eigenvalue weighted by Gasteiger charge is -2.21. The number of thiol groups is 1. The highest BCUT2D eigenvalue weighted by atomic mass is 32.1. The van der Waals surface area contributed by atoms with Crippen LogP contribution < -0.4 is 5.32 Å². The van der Waals surface area contributed by atoms with E-state index in [1.807, 2.05) is 24.3 Å². The fourth-order valence-electron chi connectivity index (χ4n) is 1.70. The topological polar surface area (TPSA) is 32.3 Å². The van der Waals surface area contributed by atoms with Gasteiger partial charge >= 0.3 is 0 Å². The highest BCUT2D eigenvalue weighted by Gasteiger charge is 2.32. The zero-order valence-corrected chi connectivity index (χ0v) is 8.22. The highest BCUT2D eigenvalue weighted by molar-refractivity contribution is 7.80. The van der Waals surface area contributed by atoms with Crippen LogP contribution in [0.1, 0.15) is 12.0 Å². The molecule has 2 N–H and O–H groups in total. The maximum Gasteiger partial charge on any atom is 0.103 e. The summed E-state index contributed by atoms with van der Waals surface area (Å²) in [5.74, 6) is 0. The molecule has 0 radical (unpaired) electrons. The quantitative estimate of drug-likeness (QED) is 0.587. The van der Waals surface area contributed by atoms with Crippen molar-refractivity contribution in [2.24, 2.45) is 0 Å². The molecule has 1 unspecified atom stereocenters. The summed E-state index contributed by atoms with van der Waals surface area (Å²) in [5, 5.41) is 13.3. The largest absolute Gasteiger partial charge is 0.384 e. The van der Waals surface area contributed by atoms with E-state index >= 15 is 0 Å². The fraction of sp³-hybridized carbons (Fsp3) is 0.400. The number of rotatable bonds is 1. The average molecular weight is 195 g/mol. The Bertz CT molecular complexity index is 290. The van der Waals surface area contributed by atoms with Crippen molar-refractivity contribution in [3.05, 3.63) is 29.8 Å². The van der Waals surface area contributed by atoms with Gasteiger partial charge in [-0.05, 0) is 30.7 Å². The van der Waals surface area contributed by atoms with Gasteiger partial charge in [-0.3, -0.25) is 0 Å². The molecular formula is C10H13NOS. The molecule has 0 aliphatic carbocycles. The number of hydrogen-bond acceptors (Lipinski definition) is 3. The molecule has 2 nitrogen and oxygen atoms in total. The van der Waals surface area contributed by atoms with Gasteiger partial charge < -0.3 is 10.4 Å². The van der Waals surface area contributed by atoms with E-state index in [9.17, 15) is 5.11 Å². The molecule has 1 fully saturated rings. The normalized spacial score (nSPS) is 27.8. The number of benzene rings is 1. The standard InChI is InChI=1S/C10H13NOS/c12-10(5-6-11-7-10)8-1-3-9(13)4-2-8/h1-4,11-13H,5-7H2. The Morgan fingerprint density at radius 2 is 2.00 bits per heavy atom. The zero-order chi connectivity index (χ0) is 9.31.